The van der Waals surface area contributed by atoms with Crippen molar-refractivity contribution >= 4 is 5.69 Å². The Morgan fingerprint density at radius 2 is 1.89 bits per heavy atom. The number of rotatable bonds is 4. The molecule has 0 aliphatic carbocycles. The Hall–Kier alpha value is -2.00. The van der Waals surface area contributed by atoms with Gasteiger partial charge in [-0.05, 0) is 36.2 Å². The highest BCUT2D eigenvalue weighted by atomic mass is 16.5. The zero-order valence-electron chi connectivity index (χ0n) is 10.4. The van der Waals surface area contributed by atoms with Crippen LogP contribution in [-0.4, -0.2) is 5.11 Å². The third kappa shape index (κ3) is 2.81. The summed E-state index contributed by atoms with van der Waals surface area (Å²) < 4.78 is 5.73. The molecule has 0 atom stereocenters. The number of anilines is 1. The Kier molecular flexibility index (Phi) is 3.85. The number of ether oxygens (including phenoxy) is 1. The van der Waals surface area contributed by atoms with Crippen LogP contribution in [0, 0.1) is 6.92 Å². The van der Waals surface area contributed by atoms with Crippen molar-refractivity contribution in [2.75, 3.05) is 5.73 Å². The third-order valence-electron chi connectivity index (χ3n) is 2.90. The Morgan fingerprint density at radius 3 is 2.61 bits per heavy atom. The van der Waals surface area contributed by atoms with E-state index in [0.717, 1.165) is 5.56 Å². The lowest BCUT2D eigenvalue weighted by molar-refractivity contribution is 0.259. The number of hydrogen-bond donors (Lipinski definition) is 2. The predicted molar refractivity (Wildman–Crippen MR) is 72.3 cm³/mol. The van der Waals surface area contributed by atoms with Gasteiger partial charge in [-0.2, -0.15) is 0 Å². The first kappa shape index (κ1) is 12.5. The van der Waals surface area contributed by atoms with Gasteiger partial charge in [-0.25, -0.2) is 0 Å². The topological polar surface area (TPSA) is 55.5 Å². The molecule has 0 aromatic heterocycles. The number of aliphatic hydroxyl groups is 1. The quantitative estimate of drug-likeness (QED) is 0.812. The number of aryl methyl sites for hydroxylation is 1. The van der Waals surface area contributed by atoms with Crippen molar-refractivity contribution in [1.82, 2.24) is 0 Å². The van der Waals surface area contributed by atoms with Crippen LogP contribution in [-0.2, 0) is 13.2 Å². The minimum Gasteiger partial charge on any atom is -0.489 e. The van der Waals surface area contributed by atoms with Crippen LogP contribution in [0.1, 0.15) is 16.7 Å². The molecule has 0 radical (unpaired) electrons. The molecule has 2 aromatic carbocycles. The number of nitrogen functional groups attached to an aromatic ring is 1. The Balaban J connectivity index is 2.13. The van der Waals surface area contributed by atoms with E-state index in [9.17, 15) is 5.11 Å². The summed E-state index contributed by atoms with van der Waals surface area (Å²) in [6.45, 7) is 2.46. The van der Waals surface area contributed by atoms with E-state index in [1.165, 1.54) is 5.56 Å². The number of nitrogens with two attached hydrogens (primary N) is 1. The van der Waals surface area contributed by atoms with Crippen LogP contribution < -0.4 is 10.5 Å². The van der Waals surface area contributed by atoms with Crippen LogP contribution in [0.25, 0.3) is 0 Å². The standard InChI is InChI=1S/C15H17NO2/c1-11-4-2-3-5-12(11)10-18-15-7-6-14(16)8-13(15)9-17/h2-8,17H,9-10,16H2,1H3. The van der Waals surface area contributed by atoms with Crippen LogP contribution in [0.15, 0.2) is 42.5 Å². The van der Waals surface area contributed by atoms with Gasteiger partial charge in [0.25, 0.3) is 0 Å². The molecule has 2 rings (SSSR count). The van der Waals surface area contributed by atoms with Gasteiger partial charge >= 0.3 is 0 Å². The molecular formula is C15H17NO2. The van der Waals surface area contributed by atoms with E-state index in [1.54, 1.807) is 18.2 Å². The second kappa shape index (κ2) is 5.56. The van der Waals surface area contributed by atoms with E-state index < -0.39 is 0 Å². The first-order chi connectivity index (χ1) is 8.70. The summed E-state index contributed by atoms with van der Waals surface area (Å²) in [6.07, 6.45) is 0. The van der Waals surface area contributed by atoms with Crippen molar-refractivity contribution in [3.05, 3.63) is 59.2 Å². The van der Waals surface area contributed by atoms with Gasteiger partial charge in [-0.3, -0.25) is 0 Å². The summed E-state index contributed by atoms with van der Waals surface area (Å²) in [5.41, 5.74) is 9.34. The first-order valence-electron chi connectivity index (χ1n) is 5.87. The van der Waals surface area contributed by atoms with E-state index in [1.807, 2.05) is 18.2 Å². The number of aliphatic hydroxyl groups excluding tert-OH is 1. The van der Waals surface area contributed by atoms with Gasteiger partial charge in [0.2, 0.25) is 0 Å². The second-order valence-electron chi connectivity index (χ2n) is 4.24. The summed E-state index contributed by atoms with van der Waals surface area (Å²) in [5, 5.41) is 9.26. The largest absolute Gasteiger partial charge is 0.489 e. The van der Waals surface area contributed by atoms with Crippen molar-refractivity contribution in [3.63, 3.8) is 0 Å². The molecule has 0 amide bonds. The summed E-state index contributed by atoms with van der Waals surface area (Å²) in [7, 11) is 0. The predicted octanol–water partition coefficient (Wildman–Crippen LogP) is 2.65. The number of benzene rings is 2. The molecule has 0 aliphatic heterocycles. The fourth-order valence-electron chi connectivity index (χ4n) is 1.79. The van der Waals surface area contributed by atoms with Gasteiger partial charge in [0, 0.05) is 11.3 Å². The van der Waals surface area contributed by atoms with Gasteiger partial charge in [0.15, 0.2) is 0 Å². The van der Waals surface area contributed by atoms with E-state index >= 15 is 0 Å². The molecule has 0 unspecified atom stereocenters. The molecule has 3 N–H and O–H groups in total. The summed E-state index contributed by atoms with van der Waals surface area (Å²) in [6, 6.07) is 13.4. The van der Waals surface area contributed by atoms with E-state index in [4.69, 9.17) is 10.5 Å². The van der Waals surface area contributed by atoms with Crippen molar-refractivity contribution in [2.24, 2.45) is 0 Å². The lowest BCUT2D eigenvalue weighted by Crippen LogP contribution is -2.01. The monoisotopic (exact) mass is 243 g/mol. The third-order valence-corrected chi connectivity index (χ3v) is 2.90. The highest BCUT2D eigenvalue weighted by Crippen LogP contribution is 2.22. The fourth-order valence-corrected chi connectivity index (χ4v) is 1.79. The highest BCUT2D eigenvalue weighted by molar-refractivity contribution is 5.47. The molecule has 0 fully saturated rings. The zero-order valence-corrected chi connectivity index (χ0v) is 10.4. The highest BCUT2D eigenvalue weighted by Gasteiger charge is 2.04. The van der Waals surface area contributed by atoms with Gasteiger partial charge in [-0.1, -0.05) is 24.3 Å². The molecule has 0 saturated carbocycles. The minimum absolute atomic E-state index is 0.0753. The van der Waals surface area contributed by atoms with Crippen LogP contribution in [0.4, 0.5) is 5.69 Å². The lowest BCUT2D eigenvalue weighted by Gasteiger charge is -2.12. The molecule has 0 aliphatic rings. The lowest BCUT2D eigenvalue weighted by atomic mass is 10.1. The van der Waals surface area contributed by atoms with E-state index in [-0.39, 0.29) is 6.61 Å². The minimum atomic E-state index is -0.0753. The second-order valence-corrected chi connectivity index (χ2v) is 4.24. The molecule has 0 spiro atoms. The van der Waals surface area contributed by atoms with Crippen LogP contribution in [0.3, 0.4) is 0 Å². The zero-order chi connectivity index (χ0) is 13.0. The normalized spacial score (nSPS) is 10.3. The molecule has 3 nitrogen and oxygen atoms in total. The van der Waals surface area contributed by atoms with Gasteiger partial charge < -0.3 is 15.6 Å². The maximum Gasteiger partial charge on any atom is 0.125 e. The number of hydrogen-bond acceptors (Lipinski definition) is 3. The molecule has 18 heavy (non-hydrogen) atoms. The van der Waals surface area contributed by atoms with Crippen molar-refractivity contribution in [2.45, 2.75) is 20.1 Å². The molecule has 0 saturated heterocycles. The summed E-state index contributed by atoms with van der Waals surface area (Å²) in [4.78, 5) is 0. The molecular weight excluding hydrogens is 226 g/mol. The Morgan fingerprint density at radius 1 is 1.11 bits per heavy atom. The molecule has 3 heteroatoms. The van der Waals surface area contributed by atoms with Crippen LogP contribution in [0.5, 0.6) is 5.75 Å². The average molecular weight is 243 g/mol. The van der Waals surface area contributed by atoms with Crippen LogP contribution in [0.2, 0.25) is 0 Å². The maximum absolute atomic E-state index is 9.26. The molecule has 0 heterocycles. The van der Waals surface area contributed by atoms with Crippen molar-refractivity contribution < 1.29 is 9.84 Å². The van der Waals surface area contributed by atoms with E-state index in [2.05, 4.69) is 13.0 Å². The maximum atomic E-state index is 9.26. The summed E-state index contributed by atoms with van der Waals surface area (Å²) in [5.74, 6) is 0.676. The Bertz CT molecular complexity index is 538. The Labute approximate surface area is 107 Å². The smallest absolute Gasteiger partial charge is 0.125 e. The summed E-state index contributed by atoms with van der Waals surface area (Å²) >= 11 is 0. The molecule has 94 valence electrons. The first-order valence-corrected chi connectivity index (χ1v) is 5.87. The average Bonchev–Trinajstić information content (AvgIpc) is 2.39. The molecule has 2 aromatic rings. The van der Waals surface area contributed by atoms with Crippen molar-refractivity contribution in [3.8, 4) is 5.75 Å². The van der Waals surface area contributed by atoms with E-state index in [0.29, 0.717) is 23.6 Å². The van der Waals surface area contributed by atoms with Crippen molar-refractivity contribution in [1.29, 1.82) is 0 Å². The van der Waals surface area contributed by atoms with Gasteiger partial charge in [0.1, 0.15) is 12.4 Å². The van der Waals surface area contributed by atoms with Gasteiger partial charge in [0.05, 0.1) is 6.61 Å². The molecule has 0 bridgehead atoms. The van der Waals surface area contributed by atoms with Crippen LogP contribution >= 0.6 is 0 Å². The fraction of sp³-hybridized carbons (Fsp3) is 0.200. The van der Waals surface area contributed by atoms with Gasteiger partial charge in [-0.15, -0.1) is 0 Å². The SMILES string of the molecule is Cc1ccccc1COc1ccc(N)cc1CO.